The first-order chi connectivity index (χ1) is 9.28. The number of aromatic nitrogens is 2. The minimum Gasteiger partial charge on any atom is -0.384 e. The summed E-state index contributed by atoms with van der Waals surface area (Å²) in [4.78, 5) is 8.92. The molecule has 0 spiro atoms. The molecule has 98 valence electrons. The van der Waals surface area contributed by atoms with Gasteiger partial charge in [0.2, 0.25) is 0 Å². The highest BCUT2D eigenvalue weighted by Gasteiger charge is 2.26. The summed E-state index contributed by atoms with van der Waals surface area (Å²) in [7, 11) is 1.65. The average Bonchev–Trinajstić information content (AvgIpc) is 3.23. The number of methoxy groups -OCH3 is 1. The molecule has 4 nitrogen and oxygen atoms in total. The Morgan fingerprint density at radius 3 is 2.79 bits per heavy atom. The molecule has 0 radical (unpaired) electrons. The zero-order valence-electron chi connectivity index (χ0n) is 11.0. The highest BCUT2D eigenvalue weighted by Crippen LogP contribution is 2.43. The summed E-state index contributed by atoms with van der Waals surface area (Å²) < 4.78 is 5.12. The van der Waals surface area contributed by atoms with E-state index in [0.29, 0.717) is 24.2 Å². The Balaban J connectivity index is 2.06. The van der Waals surface area contributed by atoms with E-state index in [2.05, 4.69) is 28.2 Å². The Morgan fingerprint density at radius 2 is 2.05 bits per heavy atom. The Hall–Kier alpha value is -1.94. The van der Waals surface area contributed by atoms with Gasteiger partial charge >= 0.3 is 0 Å². The van der Waals surface area contributed by atoms with Crippen LogP contribution < -0.4 is 5.73 Å². The normalized spacial score (nSPS) is 14.6. The molecule has 2 aromatic rings. The van der Waals surface area contributed by atoms with E-state index >= 15 is 0 Å². The lowest BCUT2D eigenvalue weighted by atomic mass is 10.0. The Kier molecular flexibility index (Phi) is 3.17. The third kappa shape index (κ3) is 2.58. The highest BCUT2D eigenvalue weighted by atomic mass is 16.5. The molecule has 4 heteroatoms. The van der Waals surface area contributed by atoms with Gasteiger partial charge in [0.25, 0.3) is 0 Å². The second-order valence-electron chi connectivity index (χ2n) is 4.90. The molecular weight excluding hydrogens is 238 g/mol. The Labute approximate surface area is 112 Å². The fraction of sp³-hybridized carbons (Fsp3) is 0.333. The maximum atomic E-state index is 5.86. The van der Waals surface area contributed by atoms with Crippen molar-refractivity contribution in [2.24, 2.45) is 0 Å². The molecule has 1 aliphatic carbocycles. The molecule has 3 rings (SSSR count). The van der Waals surface area contributed by atoms with Gasteiger partial charge in [0.1, 0.15) is 5.82 Å². The van der Waals surface area contributed by atoms with Gasteiger partial charge in [0.05, 0.1) is 12.3 Å². The number of rotatable bonds is 4. The number of hydrogen-bond acceptors (Lipinski definition) is 4. The van der Waals surface area contributed by atoms with Crippen molar-refractivity contribution in [3.05, 3.63) is 41.6 Å². The summed E-state index contributed by atoms with van der Waals surface area (Å²) in [5.74, 6) is 1.85. The zero-order chi connectivity index (χ0) is 13.2. The summed E-state index contributed by atoms with van der Waals surface area (Å²) in [6.45, 7) is 0.450. The molecule has 0 saturated heterocycles. The number of nitrogens with zero attached hydrogens (tertiary/aromatic N) is 2. The van der Waals surface area contributed by atoms with Crippen molar-refractivity contribution in [3.8, 4) is 11.4 Å². The maximum Gasteiger partial charge on any atom is 0.162 e. The summed E-state index contributed by atoms with van der Waals surface area (Å²) in [6.07, 6.45) is 2.51. The largest absolute Gasteiger partial charge is 0.384 e. The second-order valence-corrected chi connectivity index (χ2v) is 4.90. The standard InChI is InChI=1S/C15H17N3O/c1-19-9-11-8-14(16)18-15(17-11)13-5-3-2-4-12(13)10-6-7-10/h2-5,8,10H,6-7,9H2,1H3,(H2,16,17,18). The van der Waals surface area contributed by atoms with E-state index in [0.717, 1.165) is 11.3 Å². The van der Waals surface area contributed by atoms with E-state index in [9.17, 15) is 0 Å². The van der Waals surface area contributed by atoms with E-state index in [1.54, 1.807) is 13.2 Å². The van der Waals surface area contributed by atoms with Crippen LogP contribution in [-0.2, 0) is 11.3 Å². The van der Waals surface area contributed by atoms with Gasteiger partial charge in [-0.15, -0.1) is 0 Å². The smallest absolute Gasteiger partial charge is 0.162 e. The van der Waals surface area contributed by atoms with Crippen LogP contribution in [0.5, 0.6) is 0 Å². The molecule has 1 aliphatic rings. The van der Waals surface area contributed by atoms with Crippen molar-refractivity contribution in [2.75, 3.05) is 12.8 Å². The van der Waals surface area contributed by atoms with Crippen molar-refractivity contribution >= 4 is 5.82 Å². The molecule has 1 aromatic carbocycles. The third-order valence-corrected chi connectivity index (χ3v) is 3.31. The van der Waals surface area contributed by atoms with Gasteiger partial charge < -0.3 is 10.5 Å². The van der Waals surface area contributed by atoms with Crippen molar-refractivity contribution < 1.29 is 4.74 Å². The molecule has 0 unspecified atom stereocenters. The first kappa shape index (κ1) is 12.1. The highest BCUT2D eigenvalue weighted by molar-refractivity contribution is 5.63. The van der Waals surface area contributed by atoms with Gasteiger partial charge in [-0.25, -0.2) is 9.97 Å². The lowest BCUT2D eigenvalue weighted by molar-refractivity contribution is 0.181. The average molecular weight is 255 g/mol. The first-order valence-electron chi connectivity index (χ1n) is 6.49. The number of anilines is 1. The fourth-order valence-electron chi connectivity index (χ4n) is 2.31. The van der Waals surface area contributed by atoms with Crippen LogP contribution in [0.4, 0.5) is 5.82 Å². The molecule has 1 fully saturated rings. The lowest BCUT2D eigenvalue weighted by Gasteiger charge is -2.09. The minimum atomic E-state index is 0.450. The molecule has 19 heavy (non-hydrogen) atoms. The van der Waals surface area contributed by atoms with Crippen LogP contribution >= 0.6 is 0 Å². The van der Waals surface area contributed by atoms with Crippen molar-refractivity contribution in [1.29, 1.82) is 0 Å². The molecule has 0 bridgehead atoms. The molecule has 1 aromatic heterocycles. The van der Waals surface area contributed by atoms with E-state index < -0.39 is 0 Å². The van der Waals surface area contributed by atoms with E-state index in [-0.39, 0.29) is 0 Å². The van der Waals surface area contributed by atoms with Crippen LogP contribution in [0.1, 0.15) is 30.0 Å². The van der Waals surface area contributed by atoms with Crippen LogP contribution in [0.15, 0.2) is 30.3 Å². The van der Waals surface area contributed by atoms with Gasteiger partial charge in [-0.3, -0.25) is 0 Å². The molecule has 0 atom stereocenters. The topological polar surface area (TPSA) is 61.0 Å². The minimum absolute atomic E-state index is 0.450. The van der Waals surface area contributed by atoms with Crippen LogP contribution in [0, 0.1) is 0 Å². The van der Waals surface area contributed by atoms with Crippen molar-refractivity contribution in [2.45, 2.75) is 25.4 Å². The monoisotopic (exact) mass is 255 g/mol. The summed E-state index contributed by atoms with van der Waals surface area (Å²) in [5, 5.41) is 0. The molecule has 0 amide bonds. The number of nitrogens with two attached hydrogens (primary N) is 1. The number of benzene rings is 1. The Bertz CT molecular complexity index is 594. The molecular formula is C15H17N3O. The SMILES string of the molecule is COCc1cc(N)nc(-c2ccccc2C2CC2)n1. The number of ether oxygens (including phenoxy) is 1. The summed E-state index contributed by atoms with van der Waals surface area (Å²) in [5.41, 5.74) is 9.10. The van der Waals surface area contributed by atoms with Crippen molar-refractivity contribution in [3.63, 3.8) is 0 Å². The van der Waals surface area contributed by atoms with Crippen LogP contribution in [0.25, 0.3) is 11.4 Å². The number of nitrogen functional groups attached to an aromatic ring is 1. The summed E-state index contributed by atoms with van der Waals surface area (Å²) in [6, 6.07) is 10.1. The first-order valence-corrected chi connectivity index (χ1v) is 6.49. The van der Waals surface area contributed by atoms with Gasteiger partial charge in [-0.2, -0.15) is 0 Å². The summed E-state index contributed by atoms with van der Waals surface area (Å²) >= 11 is 0. The van der Waals surface area contributed by atoms with E-state index in [1.807, 2.05) is 6.07 Å². The van der Waals surface area contributed by atoms with Gasteiger partial charge in [-0.1, -0.05) is 24.3 Å². The molecule has 1 heterocycles. The third-order valence-electron chi connectivity index (χ3n) is 3.31. The molecule has 1 saturated carbocycles. The van der Waals surface area contributed by atoms with E-state index in [4.69, 9.17) is 10.5 Å². The van der Waals surface area contributed by atoms with Crippen molar-refractivity contribution in [1.82, 2.24) is 9.97 Å². The predicted molar refractivity (Wildman–Crippen MR) is 74.6 cm³/mol. The predicted octanol–water partition coefficient (Wildman–Crippen LogP) is 2.75. The van der Waals surface area contributed by atoms with Crippen LogP contribution in [0.3, 0.4) is 0 Å². The Morgan fingerprint density at radius 1 is 1.26 bits per heavy atom. The van der Waals surface area contributed by atoms with E-state index in [1.165, 1.54) is 18.4 Å². The van der Waals surface area contributed by atoms with Crippen LogP contribution in [0.2, 0.25) is 0 Å². The zero-order valence-corrected chi connectivity index (χ0v) is 11.0. The fourth-order valence-corrected chi connectivity index (χ4v) is 2.31. The number of hydrogen-bond donors (Lipinski definition) is 1. The van der Waals surface area contributed by atoms with Crippen LogP contribution in [-0.4, -0.2) is 17.1 Å². The molecule has 2 N–H and O–H groups in total. The van der Waals surface area contributed by atoms with Gasteiger partial charge in [-0.05, 0) is 24.3 Å². The maximum absolute atomic E-state index is 5.86. The van der Waals surface area contributed by atoms with Gasteiger partial charge in [0, 0.05) is 18.7 Å². The second kappa shape index (κ2) is 4.97. The van der Waals surface area contributed by atoms with Gasteiger partial charge in [0.15, 0.2) is 5.82 Å². The molecule has 0 aliphatic heterocycles. The lowest BCUT2D eigenvalue weighted by Crippen LogP contribution is -2.02. The quantitative estimate of drug-likeness (QED) is 0.912.